The number of rotatable bonds is 8. The predicted molar refractivity (Wildman–Crippen MR) is 117 cm³/mol. The number of carboxylic acids is 1. The van der Waals surface area contributed by atoms with Crippen LogP contribution < -0.4 is 0 Å². The topological polar surface area (TPSA) is 110 Å². The number of aromatic carboxylic acids is 1. The van der Waals surface area contributed by atoms with Crippen LogP contribution >= 0.6 is 0 Å². The Morgan fingerprint density at radius 3 is 2.36 bits per heavy atom. The lowest BCUT2D eigenvalue weighted by Gasteiger charge is -2.18. The highest BCUT2D eigenvalue weighted by Crippen LogP contribution is 2.45. The van der Waals surface area contributed by atoms with Crippen LogP contribution in [0.25, 0.3) is 22.5 Å². The fourth-order valence-electron chi connectivity index (χ4n) is 3.86. The van der Waals surface area contributed by atoms with Crippen molar-refractivity contribution in [1.29, 1.82) is 0 Å². The van der Waals surface area contributed by atoms with Crippen molar-refractivity contribution in [2.75, 3.05) is 0 Å². The van der Waals surface area contributed by atoms with Gasteiger partial charge in [-0.2, -0.15) is 22.0 Å². The van der Waals surface area contributed by atoms with Crippen LogP contribution in [-0.4, -0.2) is 47.4 Å². The largest absolute Gasteiger partial charge is 0.477 e. The highest BCUT2D eigenvalue weighted by Gasteiger charge is 2.62. The summed E-state index contributed by atoms with van der Waals surface area (Å²) in [6.45, 7) is 1.35. The molecule has 0 radical (unpaired) electrons. The molecule has 0 saturated heterocycles. The molecule has 0 spiro atoms. The van der Waals surface area contributed by atoms with E-state index >= 15 is 0 Å². The smallest absolute Gasteiger partial charge is 0.459 e. The number of nitrogens with one attached hydrogen (secondary N) is 1. The lowest BCUT2D eigenvalue weighted by atomic mass is 9.97. The van der Waals surface area contributed by atoms with Gasteiger partial charge >= 0.3 is 18.1 Å². The number of hydrogen-bond donors (Lipinski definition) is 2. The number of H-pyrrole nitrogens is 1. The molecule has 0 bridgehead atoms. The van der Waals surface area contributed by atoms with Gasteiger partial charge in [-0.25, -0.2) is 14.9 Å². The van der Waals surface area contributed by atoms with Gasteiger partial charge in [-0.05, 0) is 39.6 Å². The number of imidazole rings is 1. The van der Waals surface area contributed by atoms with Gasteiger partial charge in [0.05, 0.1) is 0 Å². The number of aromatic amines is 1. The molecule has 36 heavy (non-hydrogen) atoms. The van der Waals surface area contributed by atoms with Gasteiger partial charge in [0.2, 0.25) is 0 Å². The van der Waals surface area contributed by atoms with Crippen molar-refractivity contribution in [1.82, 2.24) is 30.2 Å². The number of halogens is 5. The Hall–Kier alpha value is -4.16. The summed E-state index contributed by atoms with van der Waals surface area (Å²) in [5, 5.41) is 23.4. The summed E-state index contributed by atoms with van der Waals surface area (Å²) in [4.78, 5) is 15.4. The highest BCUT2D eigenvalue weighted by molar-refractivity contribution is 5.88. The maximum absolute atomic E-state index is 14.3. The number of alkyl halides is 5. The number of aromatic nitrogens is 6. The Labute approximate surface area is 200 Å². The van der Waals surface area contributed by atoms with E-state index in [-0.39, 0.29) is 24.6 Å². The fraction of sp³-hybridized carbons (Fsp3) is 0.261. The molecule has 0 amide bonds. The molecule has 4 aromatic rings. The maximum atomic E-state index is 14.3. The van der Waals surface area contributed by atoms with E-state index in [9.17, 15) is 31.9 Å². The van der Waals surface area contributed by atoms with E-state index in [0.29, 0.717) is 17.5 Å². The summed E-state index contributed by atoms with van der Waals surface area (Å²) in [6.07, 6.45) is -5.67. The molecule has 0 aliphatic rings. The Kier molecular flexibility index (Phi) is 6.57. The number of nitrogens with zero attached hydrogens (tertiary/aromatic N) is 5. The molecule has 2 aromatic carbocycles. The van der Waals surface area contributed by atoms with Gasteiger partial charge in [0.15, 0.2) is 17.2 Å². The second-order valence-corrected chi connectivity index (χ2v) is 7.93. The molecule has 2 aromatic heterocycles. The van der Waals surface area contributed by atoms with Crippen LogP contribution in [0.15, 0.2) is 48.5 Å². The molecule has 0 atom stereocenters. The first-order valence-electron chi connectivity index (χ1n) is 10.7. The van der Waals surface area contributed by atoms with Gasteiger partial charge in [-0.15, -0.1) is 5.10 Å². The van der Waals surface area contributed by atoms with Crippen LogP contribution in [0.2, 0.25) is 0 Å². The fourth-order valence-corrected chi connectivity index (χ4v) is 3.86. The van der Waals surface area contributed by atoms with Crippen LogP contribution in [0.3, 0.4) is 0 Å². The van der Waals surface area contributed by atoms with E-state index in [4.69, 9.17) is 0 Å². The van der Waals surface area contributed by atoms with Crippen molar-refractivity contribution < 1.29 is 31.9 Å². The van der Waals surface area contributed by atoms with Crippen LogP contribution in [-0.2, 0) is 18.9 Å². The SMILES string of the molecule is CCCc1nc(C(F)(F)C(F)(F)F)c(C(=O)O)n1Cc1ccc(-c2ccccc2)c(-c2nnn[nH]2)c1. The Balaban J connectivity index is 1.86. The van der Waals surface area contributed by atoms with E-state index < -0.39 is 29.5 Å². The second-order valence-electron chi connectivity index (χ2n) is 7.93. The molecule has 0 unspecified atom stereocenters. The van der Waals surface area contributed by atoms with E-state index in [1.807, 2.05) is 30.3 Å². The summed E-state index contributed by atoms with van der Waals surface area (Å²) >= 11 is 0. The molecule has 2 N–H and O–H groups in total. The number of carbonyl (C=O) groups is 1. The summed E-state index contributed by atoms with van der Waals surface area (Å²) in [5.41, 5.74) is -0.552. The molecule has 188 valence electrons. The molecule has 8 nitrogen and oxygen atoms in total. The lowest BCUT2D eigenvalue weighted by Crippen LogP contribution is -2.35. The Bertz CT molecular complexity index is 1370. The van der Waals surface area contributed by atoms with Gasteiger partial charge in [0, 0.05) is 18.5 Å². The number of carboxylic acid groups (broad SMARTS) is 1. The maximum Gasteiger partial charge on any atom is 0.459 e. The van der Waals surface area contributed by atoms with Gasteiger partial charge in [0.25, 0.3) is 0 Å². The first kappa shape index (κ1) is 24.9. The number of aryl methyl sites for hydroxylation is 1. The summed E-state index contributed by atoms with van der Waals surface area (Å²) in [7, 11) is 0. The van der Waals surface area contributed by atoms with E-state index in [1.54, 1.807) is 25.1 Å². The summed E-state index contributed by atoms with van der Waals surface area (Å²) in [6, 6.07) is 14.2. The Morgan fingerprint density at radius 1 is 1.06 bits per heavy atom. The molecule has 0 saturated carbocycles. The highest BCUT2D eigenvalue weighted by atomic mass is 19.4. The number of hydrogen-bond acceptors (Lipinski definition) is 5. The predicted octanol–water partition coefficient (Wildman–Crippen LogP) is 5.08. The van der Waals surface area contributed by atoms with Gasteiger partial charge in [-0.1, -0.05) is 49.4 Å². The normalized spacial score (nSPS) is 12.2. The molecular weight excluding hydrogens is 487 g/mol. The molecule has 13 heteroatoms. The van der Waals surface area contributed by atoms with Gasteiger partial charge < -0.3 is 9.67 Å². The van der Waals surface area contributed by atoms with E-state index in [1.165, 1.54) is 0 Å². The standard InChI is InChI=1S/C23H19F5N6O2/c1-2-6-17-29-19(22(24,25)23(26,27)28)18(21(35)36)34(17)12-13-9-10-15(14-7-4-3-5-8-14)16(11-13)20-30-32-33-31-20/h3-5,7-11H,2,6,12H2,1H3,(H,35,36)(H,30,31,32,33). The van der Waals surface area contributed by atoms with Gasteiger partial charge in [0.1, 0.15) is 5.82 Å². The van der Waals surface area contributed by atoms with Crippen molar-refractivity contribution in [2.24, 2.45) is 0 Å². The van der Waals surface area contributed by atoms with Gasteiger partial charge in [-0.3, -0.25) is 0 Å². The van der Waals surface area contributed by atoms with Crippen LogP contribution in [0, 0.1) is 0 Å². The van der Waals surface area contributed by atoms with Crippen molar-refractivity contribution in [2.45, 2.75) is 38.4 Å². The third kappa shape index (κ3) is 4.55. The Morgan fingerprint density at radius 2 is 1.78 bits per heavy atom. The molecule has 0 aliphatic carbocycles. The summed E-state index contributed by atoms with van der Waals surface area (Å²) < 4.78 is 68.8. The zero-order valence-electron chi connectivity index (χ0n) is 18.7. The summed E-state index contributed by atoms with van der Waals surface area (Å²) in [5.74, 6) is -7.28. The van der Waals surface area contributed by atoms with Crippen LogP contribution in [0.5, 0.6) is 0 Å². The van der Waals surface area contributed by atoms with E-state index in [0.717, 1.165) is 15.7 Å². The lowest BCUT2D eigenvalue weighted by molar-refractivity contribution is -0.291. The molecule has 4 rings (SSSR count). The molecule has 2 heterocycles. The number of benzene rings is 2. The van der Waals surface area contributed by atoms with E-state index in [2.05, 4.69) is 25.6 Å². The van der Waals surface area contributed by atoms with Crippen LogP contribution in [0.1, 0.15) is 40.9 Å². The second kappa shape index (κ2) is 9.47. The average Bonchev–Trinajstić information content (AvgIpc) is 3.48. The minimum atomic E-state index is -6.01. The minimum Gasteiger partial charge on any atom is -0.477 e. The molecular formula is C23H19F5N6O2. The van der Waals surface area contributed by atoms with Crippen LogP contribution in [0.4, 0.5) is 22.0 Å². The minimum absolute atomic E-state index is 0.00476. The first-order chi connectivity index (χ1) is 17.0. The zero-order valence-corrected chi connectivity index (χ0v) is 18.7. The number of tetrazole rings is 1. The van der Waals surface area contributed by atoms with Crippen molar-refractivity contribution in [3.63, 3.8) is 0 Å². The molecule has 0 fully saturated rings. The first-order valence-corrected chi connectivity index (χ1v) is 10.7. The monoisotopic (exact) mass is 506 g/mol. The van der Waals surface area contributed by atoms with Crippen molar-refractivity contribution in [3.05, 3.63) is 71.3 Å². The van der Waals surface area contributed by atoms with Crippen molar-refractivity contribution in [3.8, 4) is 22.5 Å². The van der Waals surface area contributed by atoms with Crippen molar-refractivity contribution >= 4 is 5.97 Å². The third-order valence-electron chi connectivity index (χ3n) is 5.49. The third-order valence-corrected chi connectivity index (χ3v) is 5.49. The average molecular weight is 506 g/mol. The quantitative estimate of drug-likeness (QED) is 0.323. The zero-order chi connectivity index (χ0) is 26.1. The molecule has 0 aliphatic heterocycles.